The molecule has 1 heterocycles. The van der Waals surface area contributed by atoms with E-state index in [0.717, 1.165) is 24.1 Å². The fourth-order valence-electron chi connectivity index (χ4n) is 3.82. The lowest BCUT2D eigenvalue weighted by atomic mass is 9.80. The van der Waals surface area contributed by atoms with Gasteiger partial charge in [-0.2, -0.15) is 0 Å². The molecule has 1 fully saturated rings. The second-order valence-corrected chi connectivity index (χ2v) is 9.92. The van der Waals surface area contributed by atoms with Crippen LogP contribution in [-0.2, 0) is 14.6 Å². The molecule has 1 aromatic rings. The molecule has 132 valence electrons. The molecule has 1 aliphatic heterocycles. The summed E-state index contributed by atoms with van der Waals surface area (Å²) in [5.74, 6) is 0.597. The quantitative estimate of drug-likeness (QED) is 0.909. The SMILES string of the molecule is CC(=O)N1c2ccc(S(=O)(=O)C(C)C)cc2C(N)C(C)C1C1CC1. The first-order valence-electron chi connectivity index (χ1n) is 8.59. The number of anilines is 1. The summed E-state index contributed by atoms with van der Waals surface area (Å²) in [7, 11) is -3.37. The number of amides is 1. The van der Waals surface area contributed by atoms with Crippen molar-refractivity contribution in [3.63, 3.8) is 0 Å². The third-order valence-corrected chi connectivity index (χ3v) is 7.57. The molecule has 1 amide bonds. The van der Waals surface area contributed by atoms with Crippen LogP contribution in [0.4, 0.5) is 5.69 Å². The molecule has 1 aliphatic carbocycles. The van der Waals surface area contributed by atoms with Crippen molar-refractivity contribution in [2.45, 2.75) is 62.8 Å². The molecule has 5 nitrogen and oxygen atoms in total. The summed E-state index contributed by atoms with van der Waals surface area (Å²) in [5, 5.41) is -0.490. The summed E-state index contributed by atoms with van der Waals surface area (Å²) in [5.41, 5.74) is 8.00. The Morgan fingerprint density at radius 3 is 2.42 bits per heavy atom. The van der Waals surface area contributed by atoms with E-state index in [1.165, 1.54) is 0 Å². The van der Waals surface area contributed by atoms with Crippen LogP contribution < -0.4 is 10.6 Å². The lowest BCUT2D eigenvalue weighted by Crippen LogP contribution is -2.51. The molecule has 0 radical (unpaired) electrons. The molecule has 0 aromatic heterocycles. The van der Waals surface area contributed by atoms with Crippen molar-refractivity contribution >= 4 is 21.4 Å². The van der Waals surface area contributed by atoms with Crippen molar-refractivity contribution in [3.05, 3.63) is 23.8 Å². The molecule has 6 heteroatoms. The van der Waals surface area contributed by atoms with Gasteiger partial charge < -0.3 is 10.6 Å². The zero-order chi connectivity index (χ0) is 17.8. The fraction of sp³-hybridized carbons (Fsp3) is 0.611. The van der Waals surface area contributed by atoms with Gasteiger partial charge in [-0.25, -0.2) is 8.42 Å². The molecule has 1 saturated carbocycles. The van der Waals surface area contributed by atoms with E-state index in [4.69, 9.17) is 5.73 Å². The van der Waals surface area contributed by atoms with Gasteiger partial charge in [-0.1, -0.05) is 6.92 Å². The van der Waals surface area contributed by atoms with Crippen LogP contribution >= 0.6 is 0 Å². The van der Waals surface area contributed by atoms with Crippen molar-refractivity contribution in [1.82, 2.24) is 0 Å². The van der Waals surface area contributed by atoms with Gasteiger partial charge in [-0.15, -0.1) is 0 Å². The first-order valence-corrected chi connectivity index (χ1v) is 10.1. The predicted octanol–water partition coefficient (Wildman–Crippen LogP) is 2.65. The fourth-order valence-corrected chi connectivity index (χ4v) is 4.91. The number of sulfone groups is 1. The van der Waals surface area contributed by atoms with Gasteiger partial charge in [0.15, 0.2) is 9.84 Å². The van der Waals surface area contributed by atoms with Gasteiger partial charge in [-0.05, 0) is 62.3 Å². The molecule has 3 atom stereocenters. The average Bonchev–Trinajstić information content (AvgIpc) is 3.34. The van der Waals surface area contributed by atoms with Crippen molar-refractivity contribution in [1.29, 1.82) is 0 Å². The van der Waals surface area contributed by atoms with Crippen molar-refractivity contribution in [2.75, 3.05) is 4.90 Å². The number of hydrogen-bond acceptors (Lipinski definition) is 4. The van der Waals surface area contributed by atoms with E-state index in [1.807, 2.05) is 4.90 Å². The Labute approximate surface area is 144 Å². The Morgan fingerprint density at radius 1 is 1.29 bits per heavy atom. The minimum Gasteiger partial charge on any atom is -0.324 e. The number of benzene rings is 1. The van der Waals surface area contributed by atoms with Crippen LogP contribution in [0.25, 0.3) is 0 Å². The largest absolute Gasteiger partial charge is 0.324 e. The number of nitrogens with zero attached hydrogens (tertiary/aromatic N) is 1. The molecular formula is C18H26N2O3S. The highest BCUT2D eigenvalue weighted by molar-refractivity contribution is 7.92. The zero-order valence-electron chi connectivity index (χ0n) is 14.7. The van der Waals surface area contributed by atoms with Gasteiger partial charge in [0.2, 0.25) is 5.91 Å². The van der Waals surface area contributed by atoms with Crippen molar-refractivity contribution in [2.24, 2.45) is 17.6 Å². The van der Waals surface area contributed by atoms with E-state index in [2.05, 4.69) is 6.92 Å². The summed E-state index contributed by atoms with van der Waals surface area (Å²) in [6.45, 7) is 6.97. The smallest absolute Gasteiger partial charge is 0.224 e. The van der Waals surface area contributed by atoms with Crippen molar-refractivity contribution in [3.8, 4) is 0 Å². The van der Waals surface area contributed by atoms with Crippen LogP contribution in [0.5, 0.6) is 0 Å². The van der Waals surface area contributed by atoms with Crippen molar-refractivity contribution < 1.29 is 13.2 Å². The summed E-state index contributed by atoms with van der Waals surface area (Å²) >= 11 is 0. The van der Waals surface area contributed by atoms with Crippen LogP contribution in [0.1, 0.15) is 52.1 Å². The van der Waals surface area contributed by atoms with Crippen LogP contribution in [0.3, 0.4) is 0 Å². The number of nitrogens with two attached hydrogens (primary N) is 1. The Balaban J connectivity index is 2.14. The number of carbonyl (C=O) groups is 1. The summed E-state index contributed by atoms with van der Waals surface area (Å²) in [4.78, 5) is 14.4. The maximum Gasteiger partial charge on any atom is 0.224 e. The van der Waals surface area contributed by atoms with E-state index in [0.29, 0.717) is 5.92 Å². The third kappa shape index (κ3) is 2.65. The van der Waals surface area contributed by atoms with Gasteiger partial charge >= 0.3 is 0 Å². The maximum absolute atomic E-state index is 12.5. The van der Waals surface area contributed by atoms with Crippen LogP contribution in [0, 0.1) is 11.8 Å². The highest BCUT2D eigenvalue weighted by Crippen LogP contribution is 2.48. The Hall–Kier alpha value is -1.40. The molecule has 2 N–H and O–H groups in total. The second-order valence-electron chi connectivity index (χ2n) is 7.42. The van der Waals surface area contributed by atoms with Gasteiger partial charge in [0.1, 0.15) is 0 Å². The molecule has 3 rings (SSSR count). The Morgan fingerprint density at radius 2 is 1.92 bits per heavy atom. The number of fused-ring (bicyclic) bond motifs is 1. The monoisotopic (exact) mass is 350 g/mol. The molecule has 3 unspecified atom stereocenters. The number of rotatable bonds is 3. The first kappa shape index (κ1) is 17.4. The van der Waals surface area contributed by atoms with E-state index in [9.17, 15) is 13.2 Å². The minimum atomic E-state index is -3.37. The number of hydrogen-bond donors (Lipinski definition) is 1. The zero-order valence-corrected chi connectivity index (χ0v) is 15.5. The molecule has 1 aromatic carbocycles. The van der Waals surface area contributed by atoms with E-state index >= 15 is 0 Å². The lowest BCUT2D eigenvalue weighted by molar-refractivity contribution is -0.117. The van der Waals surface area contributed by atoms with Gasteiger partial charge in [0.25, 0.3) is 0 Å². The minimum absolute atomic E-state index is 0.00799. The third-order valence-electron chi connectivity index (χ3n) is 5.41. The summed E-state index contributed by atoms with van der Waals surface area (Å²) < 4.78 is 25.0. The lowest BCUT2D eigenvalue weighted by Gasteiger charge is -2.44. The first-order chi connectivity index (χ1) is 11.2. The Bertz CT molecular complexity index is 768. The molecule has 24 heavy (non-hydrogen) atoms. The van der Waals surface area contributed by atoms with E-state index in [-0.39, 0.29) is 28.8 Å². The predicted molar refractivity (Wildman–Crippen MR) is 94.5 cm³/mol. The molecule has 0 bridgehead atoms. The van der Waals surface area contributed by atoms with Gasteiger partial charge in [0.05, 0.1) is 10.1 Å². The normalized spacial score (nSPS) is 27.2. The van der Waals surface area contributed by atoms with Gasteiger partial charge in [0, 0.05) is 24.7 Å². The van der Waals surface area contributed by atoms with Gasteiger partial charge in [-0.3, -0.25) is 4.79 Å². The molecule has 2 aliphatic rings. The number of carbonyl (C=O) groups excluding carboxylic acids is 1. The Kier molecular flexibility index (Phi) is 4.24. The standard InChI is InChI=1S/C18H26N2O3S/c1-10(2)24(22,23)14-7-8-16-15(9-14)17(19)11(3)18(13-5-6-13)20(16)12(4)21/h7-11,13,17-18H,5-6,19H2,1-4H3. The van der Waals surface area contributed by atoms with Crippen LogP contribution in [-0.4, -0.2) is 25.6 Å². The summed E-state index contributed by atoms with van der Waals surface area (Å²) in [6, 6.07) is 4.88. The van der Waals surface area contributed by atoms with E-state index in [1.54, 1.807) is 39.0 Å². The second kappa shape index (κ2) is 5.85. The van der Waals surface area contributed by atoms with Crippen LogP contribution in [0.2, 0.25) is 0 Å². The van der Waals surface area contributed by atoms with Crippen LogP contribution in [0.15, 0.2) is 23.1 Å². The molecule has 0 saturated heterocycles. The highest BCUT2D eigenvalue weighted by atomic mass is 32.2. The maximum atomic E-state index is 12.5. The average molecular weight is 350 g/mol. The topological polar surface area (TPSA) is 80.5 Å². The summed E-state index contributed by atoms with van der Waals surface area (Å²) in [6.07, 6.45) is 2.25. The van der Waals surface area contributed by atoms with E-state index < -0.39 is 15.1 Å². The molecular weight excluding hydrogens is 324 g/mol. The highest BCUT2D eigenvalue weighted by Gasteiger charge is 2.46. The molecule has 0 spiro atoms.